The van der Waals surface area contributed by atoms with Gasteiger partial charge in [-0.15, -0.1) is 0 Å². The summed E-state index contributed by atoms with van der Waals surface area (Å²) in [7, 11) is 0. The minimum absolute atomic E-state index is 0.342. The van der Waals surface area contributed by atoms with Crippen molar-refractivity contribution in [1.82, 2.24) is 0 Å². The van der Waals surface area contributed by atoms with Crippen molar-refractivity contribution >= 4 is 0 Å². The van der Waals surface area contributed by atoms with Crippen molar-refractivity contribution in [3.05, 3.63) is 59.7 Å². The van der Waals surface area contributed by atoms with Gasteiger partial charge in [0.15, 0.2) is 0 Å². The molecule has 0 bridgehead atoms. The maximum absolute atomic E-state index is 9.83. The molecule has 0 aliphatic rings. The van der Waals surface area contributed by atoms with E-state index in [0.717, 1.165) is 24.2 Å². The first-order valence-corrected chi connectivity index (χ1v) is 6.28. The second kappa shape index (κ2) is 6.10. The molecule has 2 aromatic rings. The van der Waals surface area contributed by atoms with E-state index in [2.05, 4.69) is 12.1 Å². The molecule has 0 aliphatic heterocycles. The van der Waals surface area contributed by atoms with Crippen LogP contribution < -0.4 is 4.74 Å². The summed E-state index contributed by atoms with van der Waals surface area (Å²) in [5, 5.41) is 9.83. The van der Waals surface area contributed by atoms with Crippen molar-refractivity contribution in [2.24, 2.45) is 0 Å². The first kappa shape index (κ1) is 12.5. The van der Waals surface area contributed by atoms with Gasteiger partial charge in [-0.25, -0.2) is 0 Å². The molecule has 0 aliphatic carbocycles. The number of hydrogen-bond acceptors (Lipinski definition) is 2. The van der Waals surface area contributed by atoms with Gasteiger partial charge < -0.3 is 9.84 Å². The summed E-state index contributed by atoms with van der Waals surface area (Å²) in [6.07, 6.45) is 1.74. The monoisotopic (exact) mass is 242 g/mol. The molecule has 0 fully saturated rings. The third-order valence-electron chi connectivity index (χ3n) is 2.89. The van der Waals surface area contributed by atoms with Gasteiger partial charge in [0.25, 0.3) is 0 Å². The molecular weight excluding hydrogens is 224 g/mol. The summed E-state index contributed by atoms with van der Waals surface area (Å²) in [6, 6.07) is 15.7. The van der Waals surface area contributed by atoms with Gasteiger partial charge in [-0.05, 0) is 49.1 Å². The molecule has 2 heteroatoms. The number of aryl methyl sites for hydroxylation is 2. The number of phenols is 1. The van der Waals surface area contributed by atoms with E-state index in [-0.39, 0.29) is 0 Å². The third kappa shape index (κ3) is 3.27. The van der Waals surface area contributed by atoms with Crippen molar-refractivity contribution in [2.75, 3.05) is 6.61 Å². The van der Waals surface area contributed by atoms with E-state index in [1.165, 1.54) is 5.56 Å². The lowest BCUT2D eigenvalue weighted by atomic mass is 10.0. The normalized spacial score (nSPS) is 10.3. The Hall–Kier alpha value is -1.96. The van der Waals surface area contributed by atoms with Crippen LogP contribution >= 0.6 is 0 Å². The van der Waals surface area contributed by atoms with E-state index in [1.54, 1.807) is 12.1 Å². The summed E-state index contributed by atoms with van der Waals surface area (Å²) in [6.45, 7) is 2.60. The first-order valence-electron chi connectivity index (χ1n) is 6.28. The first-order chi connectivity index (χ1) is 8.79. The van der Waals surface area contributed by atoms with Gasteiger partial charge in [-0.1, -0.05) is 30.3 Å². The van der Waals surface area contributed by atoms with Crippen LogP contribution in [0, 0.1) is 0 Å². The van der Waals surface area contributed by atoms with Crippen LogP contribution in [0.3, 0.4) is 0 Å². The minimum Gasteiger partial charge on any atom is -0.508 e. The molecule has 0 saturated carbocycles. The predicted octanol–water partition coefficient (Wildman–Crippen LogP) is 3.58. The van der Waals surface area contributed by atoms with Gasteiger partial charge in [0.2, 0.25) is 0 Å². The fraction of sp³-hybridized carbons (Fsp3) is 0.250. The lowest BCUT2D eigenvalue weighted by Gasteiger charge is -2.08. The Morgan fingerprint density at radius 1 is 1.00 bits per heavy atom. The molecule has 0 saturated heterocycles. The van der Waals surface area contributed by atoms with Gasteiger partial charge >= 0.3 is 0 Å². The van der Waals surface area contributed by atoms with Crippen LogP contribution in [-0.2, 0) is 12.8 Å². The molecule has 0 amide bonds. The van der Waals surface area contributed by atoms with Crippen LogP contribution in [0.25, 0.3) is 0 Å². The Bertz CT molecular complexity index is 492. The van der Waals surface area contributed by atoms with E-state index in [0.29, 0.717) is 12.4 Å². The lowest BCUT2D eigenvalue weighted by molar-refractivity contribution is 0.339. The van der Waals surface area contributed by atoms with Crippen LogP contribution in [0.4, 0.5) is 0 Å². The van der Waals surface area contributed by atoms with E-state index < -0.39 is 0 Å². The summed E-state index contributed by atoms with van der Waals surface area (Å²) < 4.78 is 5.44. The van der Waals surface area contributed by atoms with Crippen LogP contribution in [0.15, 0.2) is 48.5 Å². The summed E-state index contributed by atoms with van der Waals surface area (Å²) in [5.74, 6) is 1.16. The standard InChI is InChI=1S/C16H18O2/c1-2-18-15-10-11-16(17)14(12-15)9-8-13-6-4-3-5-7-13/h3-7,10-12,17H,2,8-9H2,1H3. The maximum Gasteiger partial charge on any atom is 0.119 e. The van der Waals surface area contributed by atoms with Crippen LogP contribution in [0.2, 0.25) is 0 Å². The van der Waals surface area contributed by atoms with Crippen molar-refractivity contribution < 1.29 is 9.84 Å². The molecule has 2 nitrogen and oxygen atoms in total. The van der Waals surface area contributed by atoms with Gasteiger partial charge in [0, 0.05) is 0 Å². The minimum atomic E-state index is 0.342. The maximum atomic E-state index is 9.83. The number of ether oxygens (including phenoxy) is 1. The Morgan fingerprint density at radius 2 is 1.78 bits per heavy atom. The summed E-state index contributed by atoms with van der Waals surface area (Å²) >= 11 is 0. The van der Waals surface area contributed by atoms with Crippen molar-refractivity contribution in [2.45, 2.75) is 19.8 Å². The molecule has 1 N–H and O–H groups in total. The number of hydrogen-bond donors (Lipinski definition) is 1. The predicted molar refractivity (Wildman–Crippen MR) is 73.1 cm³/mol. The Kier molecular flexibility index (Phi) is 4.24. The zero-order valence-electron chi connectivity index (χ0n) is 10.6. The van der Waals surface area contributed by atoms with Crippen LogP contribution in [0.5, 0.6) is 11.5 Å². The molecule has 0 unspecified atom stereocenters. The van der Waals surface area contributed by atoms with Crippen molar-refractivity contribution in [3.63, 3.8) is 0 Å². The summed E-state index contributed by atoms with van der Waals surface area (Å²) in [5.41, 5.74) is 2.21. The SMILES string of the molecule is CCOc1ccc(O)c(CCc2ccccc2)c1. The average molecular weight is 242 g/mol. The highest BCUT2D eigenvalue weighted by molar-refractivity contribution is 5.39. The Balaban J connectivity index is 2.06. The lowest BCUT2D eigenvalue weighted by Crippen LogP contribution is -1.95. The highest BCUT2D eigenvalue weighted by Crippen LogP contribution is 2.24. The molecule has 0 radical (unpaired) electrons. The van der Waals surface area contributed by atoms with E-state index in [9.17, 15) is 5.11 Å². The fourth-order valence-electron chi connectivity index (χ4n) is 1.94. The topological polar surface area (TPSA) is 29.5 Å². The van der Waals surface area contributed by atoms with Gasteiger partial charge in [-0.2, -0.15) is 0 Å². The third-order valence-corrected chi connectivity index (χ3v) is 2.89. The Labute approximate surface area is 108 Å². The summed E-state index contributed by atoms with van der Waals surface area (Å²) in [4.78, 5) is 0. The molecule has 94 valence electrons. The second-order valence-electron chi connectivity index (χ2n) is 4.21. The largest absolute Gasteiger partial charge is 0.508 e. The van der Waals surface area contributed by atoms with E-state index in [4.69, 9.17) is 4.74 Å². The number of aromatic hydroxyl groups is 1. The zero-order valence-corrected chi connectivity index (χ0v) is 10.6. The van der Waals surface area contributed by atoms with Crippen molar-refractivity contribution in [3.8, 4) is 11.5 Å². The van der Waals surface area contributed by atoms with E-state index in [1.807, 2.05) is 31.2 Å². The molecule has 0 aromatic heterocycles. The molecule has 2 aromatic carbocycles. The van der Waals surface area contributed by atoms with E-state index >= 15 is 0 Å². The van der Waals surface area contributed by atoms with Crippen LogP contribution in [0.1, 0.15) is 18.1 Å². The number of rotatable bonds is 5. The zero-order chi connectivity index (χ0) is 12.8. The van der Waals surface area contributed by atoms with Crippen molar-refractivity contribution in [1.29, 1.82) is 0 Å². The molecule has 0 spiro atoms. The van der Waals surface area contributed by atoms with Gasteiger partial charge in [0.05, 0.1) is 6.61 Å². The molecular formula is C16H18O2. The fourth-order valence-corrected chi connectivity index (χ4v) is 1.94. The average Bonchev–Trinajstić information content (AvgIpc) is 2.41. The molecule has 0 heterocycles. The molecule has 18 heavy (non-hydrogen) atoms. The quantitative estimate of drug-likeness (QED) is 0.868. The number of phenolic OH excluding ortho intramolecular Hbond substituents is 1. The highest BCUT2D eigenvalue weighted by Gasteiger charge is 2.04. The van der Waals surface area contributed by atoms with Crippen LogP contribution in [-0.4, -0.2) is 11.7 Å². The highest BCUT2D eigenvalue weighted by atomic mass is 16.5. The smallest absolute Gasteiger partial charge is 0.119 e. The Morgan fingerprint density at radius 3 is 2.50 bits per heavy atom. The second-order valence-corrected chi connectivity index (χ2v) is 4.21. The van der Waals surface area contributed by atoms with Gasteiger partial charge in [0.1, 0.15) is 11.5 Å². The molecule has 0 atom stereocenters. The number of benzene rings is 2. The molecule has 2 rings (SSSR count). The van der Waals surface area contributed by atoms with Gasteiger partial charge in [-0.3, -0.25) is 0 Å².